The van der Waals surface area contributed by atoms with Crippen LogP contribution < -0.4 is 11.1 Å². The lowest BCUT2D eigenvalue weighted by Gasteiger charge is -2.10. The van der Waals surface area contributed by atoms with Crippen molar-refractivity contribution in [1.29, 1.82) is 0 Å². The molecule has 0 saturated heterocycles. The molecule has 5 heteroatoms. The van der Waals surface area contributed by atoms with Gasteiger partial charge in [-0.1, -0.05) is 23.2 Å². The minimum absolute atomic E-state index is 0.221. The van der Waals surface area contributed by atoms with Crippen LogP contribution in [-0.4, -0.2) is 5.91 Å². The summed E-state index contributed by atoms with van der Waals surface area (Å²) in [5, 5.41) is 3.47. The Bertz CT molecular complexity index is 643. The summed E-state index contributed by atoms with van der Waals surface area (Å²) in [5.41, 5.74) is 8.47. The molecule has 0 aliphatic heterocycles. The minimum Gasteiger partial charge on any atom is -0.398 e. The minimum atomic E-state index is -0.221. The first kappa shape index (κ1) is 14.1. The highest BCUT2D eigenvalue weighted by molar-refractivity contribution is 14.1. The van der Waals surface area contributed by atoms with Gasteiger partial charge in [0.1, 0.15) is 0 Å². The molecule has 0 bridgehead atoms. The lowest BCUT2D eigenvalue weighted by molar-refractivity contribution is 0.102. The van der Waals surface area contributed by atoms with Crippen LogP contribution in [0, 0.1) is 10.5 Å². The molecular formula is C14H12ClIN2O. The summed E-state index contributed by atoms with van der Waals surface area (Å²) < 4.78 is 0.879. The van der Waals surface area contributed by atoms with Crippen molar-refractivity contribution in [2.45, 2.75) is 6.92 Å². The van der Waals surface area contributed by atoms with E-state index in [0.29, 0.717) is 16.3 Å². The summed E-state index contributed by atoms with van der Waals surface area (Å²) in [6, 6.07) is 10.7. The Morgan fingerprint density at radius 1 is 1.26 bits per heavy atom. The van der Waals surface area contributed by atoms with Gasteiger partial charge in [0.25, 0.3) is 5.91 Å². The van der Waals surface area contributed by atoms with E-state index in [-0.39, 0.29) is 5.91 Å². The third-order valence-corrected chi connectivity index (χ3v) is 3.76. The molecule has 2 aromatic carbocycles. The van der Waals surface area contributed by atoms with Crippen LogP contribution in [-0.2, 0) is 0 Å². The lowest BCUT2D eigenvalue weighted by atomic mass is 10.1. The first-order valence-corrected chi connectivity index (χ1v) is 7.05. The van der Waals surface area contributed by atoms with Crippen LogP contribution in [0.4, 0.5) is 11.4 Å². The van der Waals surface area contributed by atoms with Gasteiger partial charge in [-0.05, 0) is 59.8 Å². The van der Waals surface area contributed by atoms with Gasteiger partial charge in [0.15, 0.2) is 0 Å². The predicted molar refractivity (Wildman–Crippen MR) is 87.7 cm³/mol. The Morgan fingerprint density at radius 2 is 2.00 bits per heavy atom. The fraction of sp³-hybridized carbons (Fsp3) is 0.0714. The van der Waals surface area contributed by atoms with E-state index in [4.69, 9.17) is 17.3 Å². The summed E-state index contributed by atoms with van der Waals surface area (Å²) in [5.74, 6) is -0.221. The van der Waals surface area contributed by atoms with Crippen LogP contribution in [0.25, 0.3) is 0 Å². The molecule has 0 aliphatic rings. The van der Waals surface area contributed by atoms with E-state index in [1.165, 1.54) is 0 Å². The van der Waals surface area contributed by atoms with Gasteiger partial charge in [-0.15, -0.1) is 0 Å². The summed E-state index contributed by atoms with van der Waals surface area (Å²) >= 11 is 8.00. The Hall–Kier alpha value is -1.27. The van der Waals surface area contributed by atoms with Gasteiger partial charge in [-0.2, -0.15) is 0 Å². The fourth-order valence-corrected chi connectivity index (χ4v) is 2.65. The largest absolute Gasteiger partial charge is 0.398 e. The van der Waals surface area contributed by atoms with Gasteiger partial charge in [0.2, 0.25) is 0 Å². The first-order valence-electron chi connectivity index (χ1n) is 5.60. The molecule has 3 N–H and O–H groups in total. The zero-order chi connectivity index (χ0) is 14.0. The number of hydrogen-bond donors (Lipinski definition) is 2. The number of nitrogens with one attached hydrogen (secondary N) is 1. The third-order valence-electron chi connectivity index (χ3n) is 2.63. The number of hydrogen-bond acceptors (Lipinski definition) is 2. The van der Waals surface area contributed by atoms with Crippen LogP contribution in [0.15, 0.2) is 36.4 Å². The van der Waals surface area contributed by atoms with Crippen molar-refractivity contribution in [1.82, 2.24) is 0 Å². The highest BCUT2D eigenvalue weighted by Crippen LogP contribution is 2.23. The number of carbonyl (C=O) groups is 1. The van der Waals surface area contributed by atoms with Crippen LogP contribution in [0.5, 0.6) is 0 Å². The van der Waals surface area contributed by atoms with Gasteiger partial charge in [-0.25, -0.2) is 0 Å². The molecule has 3 nitrogen and oxygen atoms in total. The zero-order valence-electron chi connectivity index (χ0n) is 10.2. The van der Waals surface area contributed by atoms with E-state index in [1.54, 1.807) is 30.3 Å². The number of nitrogens with two attached hydrogens (primary N) is 1. The summed E-state index contributed by atoms with van der Waals surface area (Å²) in [4.78, 5) is 12.2. The van der Waals surface area contributed by atoms with E-state index in [2.05, 4.69) is 27.9 Å². The number of amides is 1. The molecule has 19 heavy (non-hydrogen) atoms. The Kier molecular flexibility index (Phi) is 4.31. The van der Waals surface area contributed by atoms with Crippen molar-refractivity contribution < 1.29 is 4.79 Å². The second-order valence-electron chi connectivity index (χ2n) is 4.17. The normalized spacial score (nSPS) is 10.3. The van der Waals surface area contributed by atoms with Gasteiger partial charge < -0.3 is 11.1 Å². The maximum absolute atomic E-state index is 12.2. The maximum atomic E-state index is 12.2. The lowest BCUT2D eigenvalue weighted by Crippen LogP contribution is -2.15. The molecule has 0 radical (unpaired) electrons. The van der Waals surface area contributed by atoms with Crippen molar-refractivity contribution in [3.8, 4) is 0 Å². The number of halogens is 2. The average Bonchev–Trinajstić information content (AvgIpc) is 2.35. The van der Waals surface area contributed by atoms with Crippen LogP contribution >= 0.6 is 34.2 Å². The van der Waals surface area contributed by atoms with Gasteiger partial charge >= 0.3 is 0 Å². The predicted octanol–water partition coefficient (Wildman–Crippen LogP) is 4.09. The molecule has 0 aromatic heterocycles. The number of nitrogen functional groups attached to an aromatic ring is 1. The van der Waals surface area contributed by atoms with E-state index in [0.717, 1.165) is 14.8 Å². The smallest absolute Gasteiger partial charge is 0.257 e. The second kappa shape index (κ2) is 5.79. The van der Waals surface area contributed by atoms with Crippen molar-refractivity contribution in [2.75, 3.05) is 11.1 Å². The molecule has 0 saturated carbocycles. The maximum Gasteiger partial charge on any atom is 0.257 e. The summed E-state index contributed by atoms with van der Waals surface area (Å²) in [7, 11) is 0. The summed E-state index contributed by atoms with van der Waals surface area (Å²) in [6.07, 6.45) is 0. The molecule has 98 valence electrons. The van der Waals surface area contributed by atoms with Crippen LogP contribution in [0.1, 0.15) is 15.9 Å². The van der Waals surface area contributed by atoms with E-state index >= 15 is 0 Å². The topological polar surface area (TPSA) is 55.1 Å². The van der Waals surface area contributed by atoms with Crippen molar-refractivity contribution in [3.63, 3.8) is 0 Å². The first-order chi connectivity index (χ1) is 8.97. The quantitative estimate of drug-likeness (QED) is 0.603. The Labute approximate surface area is 130 Å². The van der Waals surface area contributed by atoms with Crippen molar-refractivity contribution in [3.05, 3.63) is 56.1 Å². The molecule has 0 unspecified atom stereocenters. The monoisotopic (exact) mass is 386 g/mol. The Balaban J connectivity index is 2.28. The number of carbonyl (C=O) groups excluding carboxylic acids is 1. The molecule has 0 spiro atoms. The van der Waals surface area contributed by atoms with Gasteiger partial charge in [0, 0.05) is 14.3 Å². The molecule has 0 fully saturated rings. The zero-order valence-corrected chi connectivity index (χ0v) is 13.1. The van der Waals surface area contributed by atoms with Crippen molar-refractivity contribution in [2.24, 2.45) is 0 Å². The van der Waals surface area contributed by atoms with Gasteiger partial charge in [0.05, 0.1) is 11.3 Å². The highest BCUT2D eigenvalue weighted by atomic mass is 127. The highest BCUT2D eigenvalue weighted by Gasteiger charge is 2.11. The molecule has 2 aromatic rings. The number of aryl methyl sites for hydroxylation is 1. The molecule has 0 heterocycles. The molecule has 2 rings (SSSR count). The summed E-state index contributed by atoms with van der Waals surface area (Å²) in [6.45, 7) is 1.92. The second-order valence-corrected chi connectivity index (χ2v) is 5.77. The molecule has 0 atom stereocenters. The van der Waals surface area contributed by atoms with Crippen LogP contribution in [0.2, 0.25) is 5.02 Å². The third kappa shape index (κ3) is 3.39. The van der Waals surface area contributed by atoms with Crippen molar-refractivity contribution >= 4 is 51.5 Å². The SMILES string of the molecule is Cc1ccc(N)c(C(=O)Nc2ccc(Cl)cc2I)c1. The standard InChI is InChI=1S/C14H12ClIN2O/c1-8-2-4-12(17)10(6-8)14(19)18-13-5-3-9(15)7-11(13)16/h2-7H,17H2,1H3,(H,18,19). The van der Waals surface area contributed by atoms with E-state index < -0.39 is 0 Å². The molecule has 1 amide bonds. The van der Waals surface area contributed by atoms with Gasteiger partial charge in [-0.3, -0.25) is 4.79 Å². The molecular weight excluding hydrogens is 375 g/mol. The van der Waals surface area contributed by atoms with E-state index in [1.807, 2.05) is 13.0 Å². The number of anilines is 2. The van der Waals surface area contributed by atoms with E-state index in [9.17, 15) is 4.79 Å². The fourth-order valence-electron chi connectivity index (χ4n) is 1.65. The Morgan fingerprint density at radius 3 is 2.68 bits per heavy atom. The average molecular weight is 387 g/mol. The number of benzene rings is 2. The molecule has 0 aliphatic carbocycles. The number of rotatable bonds is 2. The van der Waals surface area contributed by atoms with Crippen LogP contribution in [0.3, 0.4) is 0 Å².